The molecule has 1 aromatic heterocycles. The SMILES string of the molecule is COC(=O)C1CCC(OC[C@@H]2C[C@H](OCC(=O)N(C)C)CN2C(=O)Cc2cc(Cl)c(NC(=O)c3cn(C)c4ccccc34)cc2F)CC1. The first-order valence-corrected chi connectivity index (χ1v) is 16.5. The number of methoxy groups -OCH3 is 1. The number of hydrogen-bond donors (Lipinski definition) is 1. The first-order valence-electron chi connectivity index (χ1n) is 16.1. The van der Waals surface area contributed by atoms with Crippen LogP contribution in [0.15, 0.2) is 42.6 Å². The van der Waals surface area contributed by atoms with Crippen LogP contribution in [0, 0.1) is 11.7 Å². The highest BCUT2D eigenvalue weighted by atomic mass is 35.5. The quantitative estimate of drug-likeness (QED) is 0.294. The number of rotatable bonds is 11. The number of aromatic nitrogens is 1. The number of para-hydroxylation sites is 1. The van der Waals surface area contributed by atoms with Crippen molar-refractivity contribution in [3.8, 4) is 0 Å². The van der Waals surface area contributed by atoms with Crippen molar-refractivity contribution in [3.63, 3.8) is 0 Å². The van der Waals surface area contributed by atoms with Crippen LogP contribution in [0.25, 0.3) is 10.9 Å². The number of halogens is 2. The highest BCUT2D eigenvalue weighted by molar-refractivity contribution is 6.34. The van der Waals surface area contributed by atoms with E-state index in [4.69, 9.17) is 25.8 Å². The lowest BCUT2D eigenvalue weighted by molar-refractivity contribution is -0.148. The molecule has 1 saturated heterocycles. The molecule has 5 rings (SSSR count). The molecule has 0 radical (unpaired) electrons. The summed E-state index contributed by atoms with van der Waals surface area (Å²) in [4.78, 5) is 53.9. The highest BCUT2D eigenvalue weighted by Crippen LogP contribution is 2.31. The second-order valence-electron chi connectivity index (χ2n) is 12.7. The average Bonchev–Trinajstić information content (AvgIpc) is 3.65. The van der Waals surface area contributed by atoms with Crippen LogP contribution in [0.3, 0.4) is 0 Å². The second-order valence-corrected chi connectivity index (χ2v) is 13.1. The Morgan fingerprint density at radius 1 is 1.04 bits per heavy atom. The van der Waals surface area contributed by atoms with E-state index in [1.807, 2.05) is 35.9 Å². The fourth-order valence-electron chi connectivity index (χ4n) is 6.45. The van der Waals surface area contributed by atoms with Crippen molar-refractivity contribution in [1.82, 2.24) is 14.4 Å². The molecule has 3 amide bonds. The molecule has 11 nitrogen and oxygen atoms in total. The van der Waals surface area contributed by atoms with Crippen LogP contribution in [-0.4, -0.2) is 97.3 Å². The third-order valence-corrected chi connectivity index (χ3v) is 9.55. The van der Waals surface area contributed by atoms with Gasteiger partial charge in [-0.05, 0) is 55.9 Å². The Kier molecular flexibility index (Phi) is 11.4. The number of fused-ring (bicyclic) bond motifs is 1. The molecule has 2 fully saturated rings. The van der Waals surface area contributed by atoms with E-state index < -0.39 is 17.8 Å². The number of ether oxygens (including phenoxy) is 3. The monoisotopic (exact) mass is 684 g/mol. The lowest BCUT2D eigenvalue weighted by Gasteiger charge is -2.30. The molecule has 1 saturated carbocycles. The van der Waals surface area contributed by atoms with Gasteiger partial charge in [0.15, 0.2) is 0 Å². The summed E-state index contributed by atoms with van der Waals surface area (Å²) in [6, 6.07) is 9.59. The van der Waals surface area contributed by atoms with Gasteiger partial charge in [0.05, 0.1) is 60.6 Å². The minimum atomic E-state index is -0.681. The van der Waals surface area contributed by atoms with Crippen LogP contribution < -0.4 is 5.32 Å². The summed E-state index contributed by atoms with van der Waals surface area (Å²) in [7, 11) is 6.51. The second kappa shape index (κ2) is 15.5. The van der Waals surface area contributed by atoms with Gasteiger partial charge in [-0.25, -0.2) is 4.39 Å². The largest absolute Gasteiger partial charge is 0.469 e. The predicted molar refractivity (Wildman–Crippen MR) is 178 cm³/mol. The number of carbonyl (C=O) groups is 4. The number of amides is 3. The van der Waals surface area contributed by atoms with Gasteiger partial charge in [-0.1, -0.05) is 29.8 Å². The number of carbonyl (C=O) groups excluding carboxylic acids is 4. The summed E-state index contributed by atoms with van der Waals surface area (Å²) in [5.41, 5.74) is 1.48. The molecule has 1 N–H and O–H groups in total. The zero-order valence-electron chi connectivity index (χ0n) is 27.7. The normalized spacial score (nSPS) is 20.9. The van der Waals surface area contributed by atoms with Gasteiger partial charge >= 0.3 is 5.97 Å². The number of likely N-dealkylation sites (tertiary alicyclic amines) is 1. The number of nitrogens with zero attached hydrogens (tertiary/aromatic N) is 3. The maximum atomic E-state index is 15.4. The predicted octanol–water partition coefficient (Wildman–Crippen LogP) is 4.59. The van der Waals surface area contributed by atoms with Gasteiger partial charge in [0.25, 0.3) is 5.91 Å². The standard InChI is InChI=1S/C35H42ClFN4O7/c1-39(2)33(43)20-48-25-15-23(19-47-24-11-9-21(10-12-24)35(45)46-4)41(17-25)32(42)14-22-13-28(36)30(16-29(22)37)38-34(44)27-18-40(3)31-8-6-5-7-26(27)31/h5-8,13,16,18,21,23-25H,9-12,14-15,17,19-20H2,1-4H3,(H,38,44)/t21?,23-,24?,25-/m0/s1. The molecule has 13 heteroatoms. The van der Waals surface area contributed by atoms with Crippen molar-refractivity contribution in [2.45, 2.75) is 56.8 Å². The minimum absolute atomic E-state index is 0.0639. The fourth-order valence-corrected chi connectivity index (χ4v) is 6.68. The Bertz CT molecular complexity index is 1670. The third kappa shape index (κ3) is 8.16. The van der Waals surface area contributed by atoms with Gasteiger partial charge in [-0.2, -0.15) is 0 Å². The minimum Gasteiger partial charge on any atom is -0.469 e. The van der Waals surface area contributed by atoms with Crippen molar-refractivity contribution < 1.29 is 37.8 Å². The van der Waals surface area contributed by atoms with Crippen molar-refractivity contribution in [2.24, 2.45) is 13.0 Å². The number of hydrogen-bond acceptors (Lipinski definition) is 7. The number of benzene rings is 2. The van der Waals surface area contributed by atoms with E-state index in [2.05, 4.69) is 5.32 Å². The van der Waals surface area contributed by atoms with Gasteiger partial charge < -0.3 is 33.9 Å². The molecule has 1 aliphatic heterocycles. The number of nitrogens with one attached hydrogen (secondary N) is 1. The summed E-state index contributed by atoms with van der Waals surface area (Å²) in [6.45, 7) is 0.335. The Labute approximate surface area is 284 Å². The zero-order valence-corrected chi connectivity index (χ0v) is 28.4. The van der Waals surface area contributed by atoms with E-state index in [0.29, 0.717) is 37.7 Å². The molecule has 1 aliphatic carbocycles. The maximum absolute atomic E-state index is 15.4. The number of aryl methyl sites for hydroxylation is 1. The Morgan fingerprint density at radius 3 is 2.48 bits per heavy atom. The first-order chi connectivity index (χ1) is 22.9. The molecule has 0 unspecified atom stereocenters. The molecular weight excluding hydrogens is 643 g/mol. The first kappa shape index (κ1) is 35.3. The van der Waals surface area contributed by atoms with Crippen LogP contribution in [0.5, 0.6) is 0 Å². The van der Waals surface area contributed by atoms with Crippen molar-refractivity contribution in [1.29, 1.82) is 0 Å². The van der Waals surface area contributed by atoms with E-state index in [0.717, 1.165) is 17.0 Å². The fraction of sp³-hybridized carbons (Fsp3) is 0.486. The van der Waals surface area contributed by atoms with Crippen molar-refractivity contribution >= 4 is 51.9 Å². The van der Waals surface area contributed by atoms with E-state index in [1.165, 1.54) is 18.1 Å². The summed E-state index contributed by atoms with van der Waals surface area (Å²) in [5, 5.41) is 3.55. The molecule has 2 aromatic carbocycles. The zero-order chi connectivity index (χ0) is 34.5. The van der Waals surface area contributed by atoms with E-state index in [-0.39, 0.29) is 78.3 Å². The average molecular weight is 685 g/mol. The lowest BCUT2D eigenvalue weighted by atomic mass is 9.87. The Morgan fingerprint density at radius 2 is 1.77 bits per heavy atom. The van der Waals surface area contributed by atoms with Gasteiger partial charge in [0, 0.05) is 44.8 Å². The third-order valence-electron chi connectivity index (χ3n) is 9.24. The van der Waals surface area contributed by atoms with Crippen LogP contribution in [0.2, 0.25) is 5.02 Å². The maximum Gasteiger partial charge on any atom is 0.308 e. The topological polar surface area (TPSA) is 119 Å². The molecule has 48 heavy (non-hydrogen) atoms. The molecule has 0 bridgehead atoms. The van der Waals surface area contributed by atoms with Gasteiger partial charge in [-0.3, -0.25) is 19.2 Å². The summed E-state index contributed by atoms with van der Waals surface area (Å²) >= 11 is 6.51. The van der Waals surface area contributed by atoms with Crippen LogP contribution in [0.1, 0.15) is 48.0 Å². The summed E-state index contributed by atoms with van der Waals surface area (Å²) < 4.78 is 34.2. The van der Waals surface area contributed by atoms with Crippen molar-refractivity contribution in [3.05, 3.63) is 64.6 Å². The van der Waals surface area contributed by atoms with E-state index in [9.17, 15) is 19.2 Å². The molecular formula is C35H42ClFN4O7. The molecule has 0 spiro atoms. The molecule has 2 heterocycles. The Balaban J connectivity index is 1.25. The van der Waals surface area contributed by atoms with Gasteiger partial charge in [0.1, 0.15) is 12.4 Å². The van der Waals surface area contributed by atoms with E-state index in [1.54, 1.807) is 25.2 Å². The summed E-state index contributed by atoms with van der Waals surface area (Å²) in [6.07, 6.45) is 4.15. The molecule has 2 atom stereocenters. The Hall–Kier alpha value is -4.00. The smallest absolute Gasteiger partial charge is 0.308 e. The number of likely N-dealkylation sites (N-methyl/N-ethyl adjacent to an activating group) is 1. The van der Waals surface area contributed by atoms with E-state index >= 15 is 4.39 Å². The summed E-state index contributed by atoms with van der Waals surface area (Å²) in [5.74, 6) is -1.99. The number of esters is 1. The van der Waals surface area contributed by atoms with Crippen molar-refractivity contribution in [2.75, 3.05) is 46.3 Å². The van der Waals surface area contributed by atoms with Crippen LogP contribution in [-0.2, 0) is 42.1 Å². The molecule has 2 aliphatic rings. The van der Waals surface area contributed by atoms with Crippen LogP contribution >= 0.6 is 11.6 Å². The van der Waals surface area contributed by atoms with Gasteiger partial charge in [-0.15, -0.1) is 0 Å². The lowest BCUT2D eigenvalue weighted by Crippen LogP contribution is -2.41. The molecule has 258 valence electrons. The van der Waals surface area contributed by atoms with Crippen LogP contribution in [0.4, 0.5) is 10.1 Å². The van der Waals surface area contributed by atoms with Gasteiger partial charge in [0.2, 0.25) is 11.8 Å². The molecule has 3 aromatic rings. The number of anilines is 1. The highest BCUT2D eigenvalue weighted by Gasteiger charge is 2.37.